The van der Waals surface area contributed by atoms with Gasteiger partial charge in [0, 0.05) is 38.9 Å². The maximum absolute atomic E-state index is 12.1. The number of nitrogens with one attached hydrogen (secondary N) is 1. The maximum Gasteiger partial charge on any atom is 0.401 e. The van der Waals surface area contributed by atoms with Crippen molar-refractivity contribution < 1.29 is 22.6 Å². The molecule has 0 saturated heterocycles. The predicted molar refractivity (Wildman–Crippen MR) is 72.9 cm³/mol. The Kier molecular flexibility index (Phi) is 11.1. The van der Waals surface area contributed by atoms with E-state index in [1.807, 2.05) is 20.8 Å². The fourth-order valence-corrected chi connectivity index (χ4v) is 1.76. The Morgan fingerprint density at radius 2 is 1.55 bits per heavy atom. The summed E-state index contributed by atoms with van der Waals surface area (Å²) in [6, 6.07) is -0.00161. The second-order valence-electron chi connectivity index (χ2n) is 4.52. The molecular weight excluding hydrogens is 273 g/mol. The molecule has 4 nitrogen and oxygen atoms in total. The molecule has 1 unspecified atom stereocenters. The molecule has 0 aliphatic carbocycles. The second-order valence-corrected chi connectivity index (χ2v) is 4.52. The Balaban J connectivity index is 4.06. The van der Waals surface area contributed by atoms with Gasteiger partial charge < -0.3 is 14.8 Å². The van der Waals surface area contributed by atoms with Gasteiger partial charge in [0.05, 0.1) is 19.8 Å². The van der Waals surface area contributed by atoms with E-state index in [9.17, 15) is 13.2 Å². The van der Waals surface area contributed by atoms with Gasteiger partial charge in [0.25, 0.3) is 0 Å². The van der Waals surface area contributed by atoms with Gasteiger partial charge in [-0.2, -0.15) is 13.2 Å². The number of halogens is 3. The minimum atomic E-state index is -4.17. The summed E-state index contributed by atoms with van der Waals surface area (Å²) < 4.78 is 46.9. The van der Waals surface area contributed by atoms with Crippen LogP contribution in [0.2, 0.25) is 0 Å². The summed E-state index contributed by atoms with van der Waals surface area (Å²) in [7, 11) is 0. The lowest BCUT2D eigenvalue weighted by molar-refractivity contribution is -0.125. The summed E-state index contributed by atoms with van der Waals surface area (Å²) in [5, 5.41) is 2.44. The predicted octanol–water partition coefficient (Wildman–Crippen LogP) is 1.90. The van der Waals surface area contributed by atoms with Crippen molar-refractivity contribution in [2.45, 2.75) is 33.0 Å². The number of hydrogen-bond acceptors (Lipinski definition) is 4. The van der Waals surface area contributed by atoms with Crippen LogP contribution >= 0.6 is 0 Å². The van der Waals surface area contributed by atoms with Crippen molar-refractivity contribution in [3.63, 3.8) is 0 Å². The first-order valence-corrected chi connectivity index (χ1v) is 7.07. The van der Waals surface area contributed by atoms with E-state index in [0.29, 0.717) is 39.5 Å². The van der Waals surface area contributed by atoms with Crippen molar-refractivity contribution in [2.75, 3.05) is 52.6 Å². The van der Waals surface area contributed by atoms with E-state index in [1.54, 1.807) is 0 Å². The van der Waals surface area contributed by atoms with Gasteiger partial charge in [0.2, 0.25) is 0 Å². The van der Waals surface area contributed by atoms with E-state index < -0.39 is 12.7 Å². The first-order valence-electron chi connectivity index (χ1n) is 7.07. The minimum Gasteiger partial charge on any atom is -0.380 e. The zero-order valence-electron chi connectivity index (χ0n) is 12.6. The van der Waals surface area contributed by atoms with Crippen molar-refractivity contribution in [3.05, 3.63) is 0 Å². The Morgan fingerprint density at radius 1 is 1.05 bits per heavy atom. The standard InChI is InChI=1S/C13H27F3N2O2/c1-4-19-8-6-18(7-9-20-5-2)12(3)10-17-11-13(14,15)16/h12,17H,4-11H2,1-3H3. The Hall–Kier alpha value is -0.370. The quantitative estimate of drug-likeness (QED) is 0.558. The van der Waals surface area contributed by atoms with Crippen LogP contribution in [0.1, 0.15) is 20.8 Å². The Labute approximate surface area is 119 Å². The van der Waals surface area contributed by atoms with Gasteiger partial charge >= 0.3 is 6.18 Å². The summed E-state index contributed by atoms with van der Waals surface area (Å²) >= 11 is 0. The fraction of sp³-hybridized carbons (Fsp3) is 1.00. The van der Waals surface area contributed by atoms with Crippen LogP contribution < -0.4 is 5.32 Å². The molecule has 122 valence electrons. The molecule has 0 aromatic carbocycles. The van der Waals surface area contributed by atoms with Crippen molar-refractivity contribution in [3.8, 4) is 0 Å². The summed E-state index contributed by atoms with van der Waals surface area (Å²) in [5.74, 6) is 0. The summed E-state index contributed by atoms with van der Waals surface area (Å²) in [5.41, 5.74) is 0. The number of rotatable bonds is 12. The highest BCUT2D eigenvalue weighted by Gasteiger charge is 2.26. The van der Waals surface area contributed by atoms with Gasteiger partial charge in [-0.25, -0.2) is 0 Å². The minimum absolute atomic E-state index is 0.00161. The molecule has 0 radical (unpaired) electrons. The zero-order valence-corrected chi connectivity index (χ0v) is 12.6. The highest BCUT2D eigenvalue weighted by atomic mass is 19.4. The van der Waals surface area contributed by atoms with Crippen molar-refractivity contribution >= 4 is 0 Å². The highest BCUT2D eigenvalue weighted by molar-refractivity contribution is 4.71. The molecule has 0 heterocycles. The third kappa shape index (κ3) is 11.5. The molecule has 20 heavy (non-hydrogen) atoms. The molecule has 0 saturated carbocycles. The lowest BCUT2D eigenvalue weighted by Crippen LogP contribution is -2.45. The maximum atomic E-state index is 12.1. The molecule has 1 atom stereocenters. The molecule has 0 aliphatic heterocycles. The van der Waals surface area contributed by atoms with E-state index >= 15 is 0 Å². The Morgan fingerprint density at radius 3 is 1.95 bits per heavy atom. The molecule has 0 amide bonds. The van der Waals surface area contributed by atoms with Gasteiger partial charge in [-0.15, -0.1) is 0 Å². The zero-order chi connectivity index (χ0) is 15.4. The van der Waals surface area contributed by atoms with E-state index in [4.69, 9.17) is 9.47 Å². The van der Waals surface area contributed by atoms with Crippen LogP contribution in [0.5, 0.6) is 0 Å². The van der Waals surface area contributed by atoms with E-state index in [0.717, 1.165) is 0 Å². The number of hydrogen-bond donors (Lipinski definition) is 1. The Bertz CT molecular complexity index is 218. The highest BCUT2D eigenvalue weighted by Crippen LogP contribution is 2.12. The molecule has 0 rings (SSSR count). The first kappa shape index (κ1) is 19.6. The normalized spacial score (nSPS) is 13.9. The summed E-state index contributed by atoms with van der Waals surface area (Å²) in [6.45, 7) is 8.88. The van der Waals surface area contributed by atoms with Crippen molar-refractivity contribution in [1.82, 2.24) is 10.2 Å². The SMILES string of the molecule is CCOCCN(CCOCC)C(C)CNCC(F)(F)F. The number of nitrogens with zero attached hydrogens (tertiary/aromatic N) is 1. The van der Waals surface area contributed by atoms with E-state index in [2.05, 4.69) is 10.2 Å². The van der Waals surface area contributed by atoms with Crippen LogP contribution in [0.4, 0.5) is 13.2 Å². The fourth-order valence-electron chi connectivity index (χ4n) is 1.76. The third-order valence-corrected chi connectivity index (χ3v) is 2.84. The molecule has 0 aromatic heterocycles. The monoisotopic (exact) mass is 300 g/mol. The van der Waals surface area contributed by atoms with Crippen molar-refractivity contribution in [2.24, 2.45) is 0 Å². The lowest BCUT2D eigenvalue weighted by atomic mass is 10.2. The largest absolute Gasteiger partial charge is 0.401 e. The molecule has 1 N–H and O–H groups in total. The molecule has 0 aliphatic rings. The van der Waals surface area contributed by atoms with Crippen LogP contribution in [0, 0.1) is 0 Å². The van der Waals surface area contributed by atoms with Crippen LogP contribution in [0.15, 0.2) is 0 Å². The number of alkyl halides is 3. The smallest absolute Gasteiger partial charge is 0.380 e. The van der Waals surface area contributed by atoms with Gasteiger partial charge in [0.15, 0.2) is 0 Å². The average Bonchev–Trinajstić information content (AvgIpc) is 2.35. The topological polar surface area (TPSA) is 33.7 Å². The number of ether oxygens (including phenoxy) is 2. The van der Waals surface area contributed by atoms with Gasteiger partial charge in [-0.3, -0.25) is 4.90 Å². The molecular formula is C13H27F3N2O2. The third-order valence-electron chi connectivity index (χ3n) is 2.84. The van der Waals surface area contributed by atoms with E-state index in [-0.39, 0.29) is 12.6 Å². The van der Waals surface area contributed by atoms with Gasteiger partial charge in [0.1, 0.15) is 0 Å². The van der Waals surface area contributed by atoms with Gasteiger partial charge in [-0.1, -0.05) is 0 Å². The van der Waals surface area contributed by atoms with E-state index in [1.165, 1.54) is 0 Å². The summed E-state index contributed by atoms with van der Waals surface area (Å²) in [4.78, 5) is 2.08. The van der Waals surface area contributed by atoms with Gasteiger partial charge in [-0.05, 0) is 20.8 Å². The molecule has 0 bridgehead atoms. The molecule has 7 heteroatoms. The molecule has 0 fully saturated rings. The molecule has 0 aromatic rings. The van der Waals surface area contributed by atoms with Crippen LogP contribution in [0.25, 0.3) is 0 Å². The average molecular weight is 300 g/mol. The van der Waals surface area contributed by atoms with Crippen molar-refractivity contribution in [1.29, 1.82) is 0 Å². The second kappa shape index (κ2) is 11.3. The molecule has 0 spiro atoms. The lowest BCUT2D eigenvalue weighted by Gasteiger charge is -2.29. The van der Waals surface area contributed by atoms with Crippen LogP contribution in [-0.4, -0.2) is 69.7 Å². The van der Waals surface area contributed by atoms with Crippen LogP contribution in [-0.2, 0) is 9.47 Å². The summed E-state index contributed by atoms with van der Waals surface area (Å²) in [6.07, 6.45) is -4.17. The first-order chi connectivity index (χ1) is 9.40. The van der Waals surface area contributed by atoms with Crippen LogP contribution in [0.3, 0.4) is 0 Å².